The molecule has 4 heterocycles. The van der Waals surface area contributed by atoms with Crippen molar-refractivity contribution in [1.82, 2.24) is 36.0 Å². The van der Waals surface area contributed by atoms with Gasteiger partial charge in [0.1, 0.15) is 40.7 Å². The number of imide groups is 1. The van der Waals surface area contributed by atoms with Gasteiger partial charge in [0.05, 0.1) is 63.5 Å². The van der Waals surface area contributed by atoms with E-state index in [0.29, 0.717) is 17.9 Å². The van der Waals surface area contributed by atoms with Crippen molar-refractivity contribution in [2.45, 2.75) is 140 Å². The van der Waals surface area contributed by atoms with Gasteiger partial charge in [-0.1, -0.05) is 75.8 Å². The van der Waals surface area contributed by atoms with Gasteiger partial charge in [0.2, 0.25) is 47.3 Å². The van der Waals surface area contributed by atoms with Crippen molar-refractivity contribution in [3.05, 3.63) is 71.8 Å². The number of likely N-dealkylation sites (tertiary alicyclic amines) is 1. The second-order valence-electron chi connectivity index (χ2n) is 22.3. The summed E-state index contributed by atoms with van der Waals surface area (Å²) in [5.41, 5.74) is -1.27. The van der Waals surface area contributed by atoms with Crippen molar-refractivity contribution in [1.29, 1.82) is 0 Å². The van der Waals surface area contributed by atoms with Crippen LogP contribution in [0.4, 0.5) is 10.5 Å². The Bertz CT molecular complexity index is 2760. The molecule has 4 aliphatic rings. The maximum absolute atomic E-state index is 14.4. The largest absolute Gasteiger partial charge is 0.495 e. The second kappa shape index (κ2) is 36.8. The van der Waals surface area contributed by atoms with Crippen LogP contribution in [0.2, 0.25) is 5.02 Å². The number of thioether (sulfide) groups is 1. The molecule has 3 fully saturated rings. The summed E-state index contributed by atoms with van der Waals surface area (Å²) in [6, 6.07) is 2.34. The fraction of sp³-hybridized carbons (Fsp3) is 0.613. The van der Waals surface area contributed by atoms with Crippen molar-refractivity contribution in [3.63, 3.8) is 0 Å². The lowest BCUT2D eigenvalue weighted by Gasteiger charge is -2.42. The summed E-state index contributed by atoms with van der Waals surface area (Å²) in [6.07, 6.45) is 3.28. The molecule has 90 heavy (non-hydrogen) atoms. The molecule has 0 saturated carbocycles. The molecule has 0 radical (unpaired) electrons. The number of nitrogens with zero attached hydrogens (tertiary/aromatic N) is 4. The molecule has 26 nitrogen and oxygen atoms in total. The summed E-state index contributed by atoms with van der Waals surface area (Å²) in [5, 5.41) is 21.6. The summed E-state index contributed by atoms with van der Waals surface area (Å²) < 4.78 is 40.5. The van der Waals surface area contributed by atoms with Crippen LogP contribution in [0.3, 0.4) is 0 Å². The van der Waals surface area contributed by atoms with Gasteiger partial charge in [-0.05, 0) is 57.0 Å². The Labute approximate surface area is 536 Å². The summed E-state index contributed by atoms with van der Waals surface area (Å²) in [6.45, 7) is 19.0. The Balaban J connectivity index is 0.00000565. The number of benzene rings is 1. The molecule has 1 unspecified atom stereocenters. The first kappa shape index (κ1) is 75.6. The number of anilines is 1. The minimum absolute atomic E-state index is 0.00349. The van der Waals surface area contributed by atoms with Crippen LogP contribution in [0, 0.1) is 5.92 Å². The van der Waals surface area contributed by atoms with Gasteiger partial charge in [0.25, 0.3) is 0 Å². The number of aliphatic hydroxyl groups is 1. The van der Waals surface area contributed by atoms with Crippen LogP contribution in [0.15, 0.2) is 61.2 Å². The third kappa shape index (κ3) is 22.2. The molecule has 9 amide bonds. The molecule has 0 aliphatic carbocycles. The van der Waals surface area contributed by atoms with E-state index in [2.05, 4.69) is 48.3 Å². The maximum atomic E-state index is 14.4. The highest BCUT2D eigenvalue weighted by Gasteiger charge is 2.64. The highest BCUT2D eigenvalue weighted by atomic mass is 35.5. The van der Waals surface area contributed by atoms with E-state index in [-0.39, 0.29) is 120 Å². The number of carbonyl (C=O) groups is 10. The van der Waals surface area contributed by atoms with Crippen molar-refractivity contribution in [3.8, 4) is 5.75 Å². The summed E-state index contributed by atoms with van der Waals surface area (Å²) >= 11 is 7.96. The molecule has 5 N–H and O–H groups in total. The number of ether oxygens (including phenoxy) is 7. The highest BCUT2D eigenvalue weighted by Crippen LogP contribution is 2.49. The Morgan fingerprint density at radius 2 is 1.57 bits per heavy atom. The topological polar surface area (TPSA) is 320 Å². The first-order valence-electron chi connectivity index (χ1n) is 30.0. The van der Waals surface area contributed by atoms with E-state index >= 15 is 0 Å². The van der Waals surface area contributed by atoms with Gasteiger partial charge in [-0.15, -0.1) is 11.8 Å². The molecule has 3 saturated heterocycles. The number of hydrogen-bond acceptors (Lipinski definition) is 19. The Hall–Kier alpha value is -6.88. The van der Waals surface area contributed by atoms with E-state index < -0.39 is 107 Å². The van der Waals surface area contributed by atoms with Crippen LogP contribution in [-0.2, 0) is 78.0 Å². The lowest BCUT2D eigenvalue weighted by atomic mass is 9.83. The smallest absolute Gasteiger partial charge is 0.409 e. The van der Waals surface area contributed by atoms with Gasteiger partial charge in [0.15, 0.2) is 5.72 Å². The second-order valence-corrected chi connectivity index (χ2v) is 23.9. The summed E-state index contributed by atoms with van der Waals surface area (Å²) in [7, 11) is 5.82. The Morgan fingerprint density at radius 1 is 0.922 bits per heavy atom. The predicted molar refractivity (Wildman–Crippen MR) is 336 cm³/mol. The number of epoxide rings is 1. The average molecular weight is 1300 g/mol. The van der Waals surface area contributed by atoms with Crippen molar-refractivity contribution >= 4 is 88.4 Å². The third-order valence-electron chi connectivity index (χ3n) is 15.4. The Morgan fingerprint density at radius 3 is 2.19 bits per heavy atom. The number of allylic oxidation sites excluding steroid dienone is 3. The van der Waals surface area contributed by atoms with Gasteiger partial charge >= 0.3 is 12.1 Å². The summed E-state index contributed by atoms with van der Waals surface area (Å²) in [4.78, 5) is 135. The molecule has 9 atom stereocenters. The number of hydrogen-bond donors (Lipinski definition) is 5. The van der Waals surface area contributed by atoms with Crippen LogP contribution in [0.25, 0.3) is 0 Å². The van der Waals surface area contributed by atoms with E-state index in [1.54, 1.807) is 38.1 Å². The Kier molecular flexibility index (Phi) is 30.9. The van der Waals surface area contributed by atoms with E-state index in [1.807, 2.05) is 13.0 Å². The van der Waals surface area contributed by atoms with Gasteiger partial charge in [-0.2, -0.15) is 0 Å². The number of fused-ring (bicyclic) bond motifs is 5. The number of carbonyl (C=O) groups excluding carboxylic acids is 10. The van der Waals surface area contributed by atoms with E-state index in [1.165, 1.54) is 56.4 Å². The lowest BCUT2D eigenvalue weighted by molar-refractivity contribution is -0.162. The van der Waals surface area contributed by atoms with Crippen LogP contribution >= 0.6 is 23.4 Å². The normalized spacial score (nSPS) is 24.4. The molecule has 5 rings (SSSR count). The van der Waals surface area contributed by atoms with Gasteiger partial charge in [-0.25, -0.2) is 9.59 Å². The molecular weight excluding hydrogens is 1210 g/mol. The zero-order valence-corrected chi connectivity index (χ0v) is 55.0. The van der Waals surface area contributed by atoms with Crippen LogP contribution in [0.1, 0.15) is 92.1 Å². The first-order chi connectivity index (χ1) is 42.7. The average Bonchev–Trinajstić information content (AvgIpc) is 1.58. The quantitative estimate of drug-likeness (QED) is 0.0252. The predicted octanol–water partition coefficient (Wildman–Crippen LogP) is 3.54. The molecule has 1 aromatic carbocycles. The molecule has 4 bridgehead atoms. The third-order valence-corrected chi connectivity index (χ3v) is 17.0. The number of nitrogens with one attached hydrogen (secondary N) is 4. The minimum Gasteiger partial charge on any atom is -0.495 e. The highest BCUT2D eigenvalue weighted by molar-refractivity contribution is 8.00. The molecular formula is C62H91ClN8O18S. The number of rotatable bonds is 29. The van der Waals surface area contributed by atoms with E-state index in [4.69, 9.17) is 44.8 Å². The minimum atomic E-state index is -1.90. The molecule has 0 spiro atoms. The monoisotopic (exact) mass is 1300 g/mol. The van der Waals surface area contributed by atoms with E-state index in [9.17, 15) is 53.1 Å². The zero-order chi connectivity index (χ0) is 66.9. The van der Waals surface area contributed by atoms with Crippen molar-refractivity contribution < 1.29 is 86.2 Å². The van der Waals surface area contributed by atoms with Crippen LogP contribution in [0.5, 0.6) is 5.75 Å². The number of likely N-dealkylation sites (N-methyl/N-ethyl adjacent to an activating group) is 1. The van der Waals surface area contributed by atoms with Crippen LogP contribution < -0.4 is 30.9 Å². The molecule has 4 aliphatic heterocycles. The van der Waals surface area contributed by atoms with Gasteiger partial charge in [0, 0.05) is 97.7 Å². The fourth-order valence-corrected chi connectivity index (χ4v) is 11.5. The number of esters is 1. The molecule has 28 heteroatoms. The number of amides is 9. The van der Waals surface area contributed by atoms with Gasteiger partial charge in [-0.3, -0.25) is 48.6 Å². The first-order valence-corrected chi connectivity index (χ1v) is 31.5. The molecule has 500 valence electrons. The number of halogens is 1. The SMILES string of the molecule is C=CC(=O)NCCN(CCNC(=O)C=C)C(=O)CCC(=O)NCCOCCOCCN1C(=O)CC(SCCC(=O)N(C)[C@@H](C)C(=O)O[C@H]2CC(=O)N(C)c3cc(cc(OC)c3Cl)C/C(C)=C/C=C/[C@@H](OC)[C@@]3(O)C[C@H](OC(=O)N3)[C@@H](C)[C@@H]3O[C@@]23C)C1=O.CCC. The zero-order valence-electron chi connectivity index (χ0n) is 53.4. The van der Waals surface area contributed by atoms with Gasteiger partial charge < -0.3 is 68.9 Å². The molecule has 0 aromatic heterocycles. The summed E-state index contributed by atoms with van der Waals surface area (Å²) in [5.74, 6) is -4.33. The van der Waals surface area contributed by atoms with Crippen molar-refractivity contribution in [2.24, 2.45) is 5.92 Å². The van der Waals surface area contributed by atoms with Crippen LogP contribution in [-0.4, -0.2) is 226 Å². The fourth-order valence-electron chi connectivity index (χ4n) is 10.0. The van der Waals surface area contributed by atoms with E-state index in [0.717, 1.165) is 40.0 Å². The van der Waals surface area contributed by atoms with Crippen molar-refractivity contribution in [2.75, 3.05) is 105 Å². The maximum Gasteiger partial charge on any atom is 0.409 e. The number of alkyl carbamates (subject to hydrolysis) is 1. The lowest BCUT2D eigenvalue weighted by Crippen LogP contribution is -2.63. The molecule has 1 aromatic rings. The standard InChI is InChI=1S/C59H83ClN8O18S.C3H8/c1-11-46(69)61-19-22-67(23-20-62-47(70)12-2)50(73)17-16-48(71)63-21-25-82-27-28-83-26-24-68-52(75)33-43(55(68)76)87-29-18-49(72)65(7)38(5)56(77)85-45-34-51(74)66(8)40-31-39(32-41(80-9)53(40)60)30-36(3)14-13-15-44(81-10)59(79)35-42(84-57(78)64-59)37(4)54-58(45,6)86-54;1-3-2/h11-15,31-32,37-38,42-45,54,79H,1-2,16-30,33-35H2,3-10H3,(H,61,69)(H,62,70)(H,63,71)(H,64,78);3H2,1-2H3/b15-13+,36-14+;/t37-,38+,42+,43?,44-,45+,54+,58+,59+;/m1./s1. The number of methoxy groups -OCH3 is 2.